The van der Waals surface area contributed by atoms with Crippen LogP contribution in [0.25, 0.3) is 11.3 Å². The molecule has 7 nitrogen and oxygen atoms in total. The average molecular weight is 433 g/mol. The number of carbonyl (C=O) groups excluding carboxylic acids is 1. The van der Waals surface area contributed by atoms with Crippen LogP contribution in [0.5, 0.6) is 11.5 Å². The first-order chi connectivity index (χ1) is 15.6. The van der Waals surface area contributed by atoms with Gasteiger partial charge in [0.25, 0.3) is 0 Å². The van der Waals surface area contributed by atoms with Crippen LogP contribution in [0.4, 0.5) is 5.82 Å². The molecule has 166 valence electrons. The van der Waals surface area contributed by atoms with Crippen LogP contribution in [0, 0.1) is 6.92 Å². The minimum atomic E-state index is 0.172. The summed E-state index contributed by atoms with van der Waals surface area (Å²) in [5.41, 5.74) is 3.80. The Labute approximate surface area is 188 Å². The molecular weight excluding hydrogens is 404 g/mol. The van der Waals surface area contributed by atoms with Crippen molar-refractivity contribution in [1.82, 2.24) is 15.1 Å². The van der Waals surface area contributed by atoms with Gasteiger partial charge in [0.2, 0.25) is 5.91 Å². The highest BCUT2D eigenvalue weighted by atomic mass is 16.5. The number of benzene rings is 2. The molecule has 3 aromatic rings. The lowest BCUT2D eigenvalue weighted by Gasteiger charge is -2.35. The molecule has 1 aliphatic rings. The van der Waals surface area contributed by atoms with Crippen molar-refractivity contribution in [1.29, 1.82) is 0 Å². The molecule has 1 aliphatic heterocycles. The number of methoxy groups -OCH3 is 2. The Morgan fingerprint density at radius 2 is 1.72 bits per heavy atom. The average Bonchev–Trinajstić information content (AvgIpc) is 2.85. The van der Waals surface area contributed by atoms with Gasteiger partial charge in [-0.05, 0) is 48.4 Å². The number of carbonyl (C=O) groups is 1. The maximum atomic E-state index is 12.7. The van der Waals surface area contributed by atoms with E-state index in [9.17, 15) is 4.79 Å². The van der Waals surface area contributed by atoms with Crippen LogP contribution in [0.3, 0.4) is 0 Å². The van der Waals surface area contributed by atoms with Gasteiger partial charge in [-0.3, -0.25) is 4.79 Å². The number of ether oxygens (including phenoxy) is 2. The molecule has 2 heterocycles. The summed E-state index contributed by atoms with van der Waals surface area (Å²) in [5, 5.41) is 8.86. The van der Waals surface area contributed by atoms with Gasteiger partial charge in [0.15, 0.2) is 5.82 Å². The fraction of sp³-hybridized carbons (Fsp3) is 0.320. The highest BCUT2D eigenvalue weighted by molar-refractivity contribution is 5.79. The molecule has 0 aliphatic carbocycles. The van der Waals surface area contributed by atoms with Crippen LogP contribution in [-0.4, -0.2) is 61.4 Å². The van der Waals surface area contributed by atoms with Gasteiger partial charge in [0, 0.05) is 31.7 Å². The SMILES string of the molecule is COc1ccc(OC)c(-c2ccc(N3CCN(C(=O)Cc4ccccc4C)CC3)nn2)c1. The Morgan fingerprint density at radius 3 is 2.38 bits per heavy atom. The van der Waals surface area contributed by atoms with Gasteiger partial charge in [-0.1, -0.05) is 24.3 Å². The van der Waals surface area contributed by atoms with Crippen molar-refractivity contribution >= 4 is 11.7 Å². The zero-order chi connectivity index (χ0) is 22.5. The van der Waals surface area contributed by atoms with Crippen molar-refractivity contribution in [3.8, 4) is 22.8 Å². The second kappa shape index (κ2) is 9.68. The minimum Gasteiger partial charge on any atom is -0.497 e. The van der Waals surface area contributed by atoms with E-state index in [0.29, 0.717) is 25.3 Å². The van der Waals surface area contributed by atoms with Crippen LogP contribution in [0.2, 0.25) is 0 Å². The molecule has 4 rings (SSSR count). The summed E-state index contributed by atoms with van der Waals surface area (Å²) in [5.74, 6) is 2.43. The fourth-order valence-electron chi connectivity index (χ4n) is 3.92. The molecule has 2 aromatic carbocycles. The number of rotatable bonds is 6. The number of aromatic nitrogens is 2. The number of amides is 1. The lowest BCUT2D eigenvalue weighted by atomic mass is 10.1. The Balaban J connectivity index is 1.39. The number of nitrogens with zero attached hydrogens (tertiary/aromatic N) is 4. The van der Waals surface area contributed by atoms with Gasteiger partial charge in [0.1, 0.15) is 11.5 Å². The summed E-state index contributed by atoms with van der Waals surface area (Å²) in [6.45, 7) is 4.87. The molecule has 1 aromatic heterocycles. The lowest BCUT2D eigenvalue weighted by Crippen LogP contribution is -2.49. The fourth-order valence-corrected chi connectivity index (χ4v) is 3.92. The summed E-state index contributed by atoms with van der Waals surface area (Å²) < 4.78 is 10.8. The molecule has 1 fully saturated rings. The first-order valence-electron chi connectivity index (χ1n) is 10.7. The highest BCUT2D eigenvalue weighted by Crippen LogP contribution is 2.32. The molecule has 0 unspecified atom stereocenters. The third-order valence-electron chi connectivity index (χ3n) is 5.89. The molecule has 0 N–H and O–H groups in total. The summed E-state index contributed by atoms with van der Waals surface area (Å²) in [6, 6.07) is 17.6. The van der Waals surface area contributed by atoms with Gasteiger partial charge < -0.3 is 19.3 Å². The normalized spacial score (nSPS) is 13.7. The van der Waals surface area contributed by atoms with Crippen molar-refractivity contribution in [2.24, 2.45) is 0 Å². The Bertz CT molecular complexity index is 1080. The van der Waals surface area contributed by atoms with Crippen LogP contribution in [0.1, 0.15) is 11.1 Å². The molecule has 1 amide bonds. The molecule has 7 heteroatoms. The molecule has 1 saturated heterocycles. The zero-order valence-corrected chi connectivity index (χ0v) is 18.7. The van der Waals surface area contributed by atoms with E-state index in [-0.39, 0.29) is 5.91 Å². The molecule has 0 spiro atoms. The molecular formula is C25H28N4O3. The van der Waals surface area contributed by atoms with Crippen LogP contribution >= 0.6 is 0 Å². The smallest absolute Gasteiger partial charge is 0.227 e. The zero-order valence-electron chi connectivity index (χ0n) is 18.7. The monoisotopic (exact) mass is 432 g/mol. The number of hydrogen-bond acceptors (Lipinski definition) is 6. The number of hydrogen-bond donors (Lipinski definition) is 0. The van der Waals surface area contributed by atoms with Crippen molar-refractivity contribution < 1.29 is 14.3 Å². The van der Waals surface area contributed by atoms with Gasteiger partial charge in [0.05, 0.1) is 26.3 Å². The predicted molar refractivity (Wildman–Crippen MR) is 124 cm³/mol. The van der Waals surface area contributed by atoms with Crippen molar-refractivity contribution in [3.05, 3.63) is 65.7 Å². The quantitative estimate of drug-likeness (QED) is 0.595. The van der Waals surface area contributed by atoms with E-state index in [1.165, 1.54) is 0 Å². The first-order valence-corrected chi connectivity index (χ1v) is 10.7. The Hall–Kier alpha value is -3.61. The van der Waals surface area contributed by atoms with E-state index in [4.69, 9.17) is 9.47 Å². The van der Waals surface area contributed by atoms with Crippen molar-refractivity contribution in [2.75, 3.05) is 45.3 Å². The minimum absolute atomic E-state index is 0.172. The van der Waals surface area contributed by atoms with E-state index in [1.807, 2.05) is 66.4 Å². The van der Waals surface area contributed by atoms with E-state index in [0.717, 1.165) is 47.0 Å². The van der Waals surface area contributed by atoms with E-state index < -0.39 is 0 Å². The van der Waals surface area contributed by atoms with Crippen molar-refractivity contribution in [2.45, 2.75) is 13.3 Å². The largest absolute Gasteiger partial charge is 0.497 e. The summed E-state index contributed by atoms with van der Waals surface area (Å²) in [6.07, 6.45) is 0.448. The maximum Gasteiger partial charge on any atom is 0.227 e. The van der Waals surface area contributed by atoms with Gasteiger partial charge in [-0.25, -0.2) is 0 Å². The van der Waals surface area contributed by atoms with Crippen LogP contribution in [-0.2, 0) is 11.2 Å². The third-order valence-corrected chi connectivity index (χ3v) is 5.89. The Kier molecular flexibility index (Phi) is 6.54. The second-order valence-corrected chi connectivity index (χ2v) is 7.81. The number of aryl methyl sites for hydroxylation is 1. The molecule has 0 radical (unpaired) electrons. The lowest BCUT2D eigenvalue weighted by molar-refractivity contribution is -0.130. The van der Waals surface area contributed by atoms with Crippen molar-refractivity contribution in [3.63, 3.8) is 0 Å². The third kappa shape index (κ3) is 4.66. The van der Waals surface area contributed by atoms with E-state index in [2.05, 4.69) is 15.1 Å². The van der Waals surface area contributed by atoms with Gasteiger partial charge >= 0.3 is 0 Å². The number of piperazine rings is 1. The molecule has 0 atom stereocenters. The molecule has 0 saturated carbocycles. The summed E-state index contributed by atoms with van der Waals surface area (Å²) in [4.78, 5) is 16.8. The second-order valence-electron chi connectivity index (χ2n) is 7.81. The molecule has 0 bridgehead atoms. The van der Waals surface area contributed by atoms with Gasteiger partial charge in [-0.15, -0.1) is 10.2 Å². The highest BCUT2D eigenvalue weighted by Gasteiger charge is 2.22. The topological polar surface area (TPSA) is 67.8 Å². The summed E-state index contributed by atoms with van der Waals surface area (Å²) in [7, 11) is 3.26. The predicted octanol–water partition coefficient (Wildman–Crippen LogP) is 3.36. The van der Waals surface area contributed by atoms with Crippen LogP contribution < -0.4 is 14.4 Å². The summed E-state index contributed by atoms with van der Waals surface area (Å²) >= 11 is 0. The van der Waals surface area contributed by atoms with E-state index >= 15 is 0 Å². The van der Waals surface area contributed by atoms with Gasteiger partial charge in [-0.2, -0.15) is 0 Å². The standard InChI is InChI=1S/C25H28N4O3/c1-18-6-4-5-7-19(18)16-25(30)29-14-12-28(13-15-29)24-11-9-22(26-27-24)21-17-20(31-2)8-10-23(21)32-3/h4-11,17H,12-16H2,1-3H3. The van der Waals surface area contributed by atoms with E-state index in [1.54, 1.807) is 14.2 Å². The van der Waals surface area contributed by atoms with Crippen LogP contribution in [0.15, 0.2) is 54.6 Å². The number of anilines is 1. The maximum absolute atomic E-state index is 12.7. The Morgan fingerprint density at radius 1 is 0.938 bits per heavy atom. The first kappa shape index (κ1) is 21.6. The molecule has 32 heavy (non-hydrogen) atoms.